The van der Waals surface area contributed by atoms with Crippen molar-refractivity contribution in [2.45, 2.75) is 130 Å². The normalized spacial score (nSPS) is 20.1. The molecule has 0 radical (unpaired) electrons. The number of nitrogens with zero attached hydrogens (tertiary/aromatic N) is 2. The predicted molar refractivity (Wildman–Crippen MR) is 200 cm³/mol. The number of aliphatic hydroxyl groups excluding tert-OH is 1. The molecule has 290 valence electrons. The molecular formula is C39H67N5O7. The van der Waals surface area contributed by atoms with Crippen molar-refractivity contribution in [1.82, 2.24) is 25.8 Å². The standard InChI is InChI=1S/C39H67N5O7/c1-13-25(6)34(43(10)39(49)33(24(4)5)42-38(48)32(40-9)23(2)3)30(50-11)22-31(45)44-21-17-20-29(44)36(51-12)26(7)37(47)41-27(8)35(46)28-18-15-14-16-19-28/h14-16,18-19,23-27,29-30,32-36,40,46H,13,17,20-22H2,1-12H3,(H,41,47)(H,42,48)/t25?,26-,27-,29+,30?,32+,33+,34+,35-,36-/m1/s1. The summed E-state index contributed by atoms with van der Waals surface area (Å²) in [6.07, 6.45) is 0.147. The van der Waals surface area contributed by atoms with Gasteiger partial charge in [0.25, 0.3) is 0 Å². The Labute approximate surface area is 306 Å². The molecule has 0 aromatic heterocycles. The van der Waals surface area contributed by atoms with Crippen LogP contribution in [0.1, 0.15) is 92.7 Å². The first-order chi connectivity index (χ1) is 24.0. The second-order valence-electron chi connectivity index (χ2n) is 15.0. The third kappa shape index (κ3) is 11.5. The lowest BCUT2D eigenvalue weighted by molar-refractivity contribution is -0.148. The molecule has 1 saturated heterocycles. The van der Waals surface area contributed by atoms with Crippen molar-refractivity contribution in [1.29, 1.82) is 0 Å². The molecule has 1 aliphatic rings. The van der Waals surface area contributed by atoms with E-state index in [-0.39, 0.29) is 53.8 Å². The molecule has 1 fully saturated rings. The zero-order chi connectivity index (χ0) is 38.6. The minimum Gasteiger partial charge on any atom is -0.386 e. The minimum atomic E-state index is -0.875. The van der Waals surface area contributed by atoms with Crippen molar-refractivity contribution >= 4 is 23.6 Å². The third-order valence-corrected chi connectivity index (χ3v) is 10.7. The van der Waals surface area contributed by atoms with Crippen LogP contribution in [0.5, 0.6) is 0 Å². The highest BCUT2D eigenvalue weighted by Crippen LogP contribution is 2.30. The number of amides is 4. The van der Waals surface area contributed by atoms with Gasteiger partial charge in [0.2, 0.25) is 23.6 Å². The van der Waals surface area contributed by atoms with Crippen LogP contribution in [-0.4, -0.2) is 116 Å². The third-order valence-electron chi connectivity index (χ3n) is 10.7. The van der Waals surface area contributed by atoms with Crippen molar-refractivity contribution in [3.8, 4) is 0 Å². The maximum absolute atomic E-state index is 14.1. The van der Waals surface area contributed by atoms with Crippen molar-refractivity contribution in [2.24, 2.45) is 23.7 Å². The zero-order valence-electron chi connectivity index (χ0n) is 33.1. The van der Waals surface area contributed by atoms with Crippen molar-refractivity contribution in [3.63, 3.8) is 0 Å². The number of benzene rings is 1. The summed E-state index contributed by atoms with van der Waals surface area (Å²) in [5.41, 5.74) is 0.711. The van der Waals surface area contributed by atoms with Gasteiger partial charge in [-0.05, 0) is 50.1 Å². The van der Waals surface area contributed by atoms with Crippen LogP contribution in [0.2, 0.25) is 0 Å². The molecule has 4 amide bonds. The molecule has 1 aliphatic heterocycles. The molecule has 2 unspecified atom stereocenters. The fourth-order valence-corrected chi connectivity index (χ4v) is 7.42. The van der Waals surface area contributed by atoms with Gasteiger partial charge in [-0.1, -0.05) is 85.2 Å². The van der Waals surface area contributed by atoms with Gasteiger partial charge in [0.15, 0.2) is 0 Å². The van der Waals surface area contributed by atoms with E-state index >= 15 is 0 Å². The van der Waals surface area contributed by atoms with Crippen LogP contribution in [0.15, 0.2) is 30.3 Å². The van der Waals surface area contributed by atoms with Crippen molar-refractivity contribution < 1.29 is 33.8 Å². The first kappa shape index (κ1) is 44.1. The number of ether oxygens (including phenoxy) is 2. The molecule has 51 heavy (non-hydrogen) atoms. The van der Waals surface area contributed by atoms with E-state index in [1.54, 1.807) is 52.0 Å². The number of likely N-dealkylation sites (tertiary alicyclic amines) is 1. The predicted octanol–water partition coefficient (Wildman–Crippen LogP) is 3.53. The lowest BCUT2D eigenvalue weighted by Gasteiger charge is -2.41. The van der Waals surface area contributed by atoms with Crippen LogP contribution < -0.4 is 16.0 Å². The monoisotopic (exact) mass is 718 g/mol. The molecule has 2 rings (SSSR count). The number of carbonyl (C=O) groups excluding carboxylic acids is 4. The van der Waals surface area contributed by atoms with E-state index in [1.165, 1.54) is 0 Å². The fraction of sp³-hybridized carbons (Fsp3) is 0.744. The summed E-state index contributed by atoms with van der Waals surface area (Å²) in [5.74, 6) is -1.62. The molecule has 10 atom stereocenters. The average Bonchev–Trinajstić information content (AvgIpc) is 3.59. The Balaban J connectivity index is 2.24. The Morgan fingerprint density at radius 2 is 1.53 bits per heavy atom. The number of hydrogen-bond donors (Lipinski definition) is 4. The molecule has 12 nitrogen and oxygen atoms in total. The quantitative estimate of drug-likeness (QED) is 0.160. The summed E-state index contributed by atoms with van der Waals surface area (Å²) >= 11 is 0. The number of likely N-dealkylation sites (N-methyl/N-ethyl adjacent to an activating group) is 2. The summed E-state index contributed by atoms with van der Waals surface area (Å²) in [6.45, 7) is 15.9. The van der Waals surface area contributed by atoms with Crippen LogP contribution in [0.3, 0.4) is 0 Å². The minimum absolute atomic E-state index is 0.0148. The highest BCUT2D eigenvalue weighted by molar-refractivity contribution is 5.90. The van der Waals surface area contributed by atoms with Crippen molar-refractivity contribution in [2.75, 3.05) is 34.9 Å². The Morgan fingerprint density at radius 1 is 0.922 bits per heavy atom. The highest BCUT2D eigenvalue weighted by atomic mass is 16.5. The van der Waals surface area contributed by atoms with Gasteiger partial charge >= 0.3 is 0 Å². The van der Waals surface area contributed by atoms with Gasteiger partial charge in [-0.25, -0.2) is 0 Å². The van der Waals surface area contributed by atoms with Crippen LogP contribution >= 0.6 is 0 Å². The number of hydrogen-bond acceptors (Lipinski definition) is 8. The van der Waals surface area contributed by atoms with Gasteiger partial charge in [0, 0.05) is 27.8 Å². The number of rotatable bonds is 20. The summed E-state index contributed by atoms with van der Waals surface area (Å²) in [5, 5.41) is 19.8. The lowest BCUT2D eigenvalue weighted by atomic mass is 9.89. The second-order valence-corrected chi connectivity index (χ2v) is 15.0. The van der Waals surface area contributed by atoms with E-state index in [0.717, 1.165) is 12.8 Å². The molecule has 0 spiro atoms. The topological polar surface area (TPSA) is 150 Å². The van der Waals surface area contributed by atoms with Gasteiger partial charge < -0.3 is 40.3 Å². The van der Waals surface area contributed by atoms with E-state index in [1.807, 2.05) is 71.9 Å². The molecule has 1 aromatic rings. The number of carbonyl (C=O) groups is 4. The Bertz CT molecular complexity index is 1250. The molecule has 1 heterocycles. The van der Waals surface area contributed by atoms with E-state index < -0.39 is 48.4 Å². The number of methoxy groups -OCH3 is 2. The highest BCUT2D eigenvalue weighted by Gasteiger charge is 2.43. The first-order valence-corrected chi connectivity index (χ1v) is 18.7. The maximum atomic E-state index is 14.1. The largest absolute Gasteiger partial charge is 0.386 e. The molecule has 0 saturated carbocycles. The number of aliphatic hydroxyl groups is 1. The van der Waals surface area contributed by atoms with E-state index in [4.69, 9.17) is 9.47 Å². The Kier molecular flexibility index (Phi) is 18.0. The zero-order valence-corrected chi connectivity index (χ0v) is 33.1. The van der Waals surface area contributed by atoms with Crippen LogP contribution in [0.25, 0.3) is 0 Å². The smallest absolute Gasteiger partial charge is 0.245 e. The molecule has 1 aromatic carbocycles. The van der Waals surface area contributed by atoms with Crippen molar-refractivity contribution in [3.05, 3.63) is 35.9 Å². The summed E-state index contributed by atoms with van der Waals surface area (Å²) in [7, 11) is 6.57. The van der Waals surface area contributed by atoms with E-state index in [0.29, 0.717) is 18.5 Å². The molecule has 0 aliphatic carbocycles. The maximum Gasteiger partial charge on any atom is 0.245 e. The molecule has 0 bridgehead atoms. The summed E-state index contributed by atoms with van der Waals surface area (Å²) in [6, 6.07) is 6.67. The van der Waals surface area contributed by atoms with Gasteiger partial charge in [-0.2, -0.15) is 0 Å². The van der Waals surface area contributed by atoms with E-state index in [2.05, 4.69) is 16.0 Å². The molecular weight excluding hydrogens is 650 g/mol. The fourth-order valence-electron chi connectivity index (χ4n) is 7.42. The lowest BCUT2D eigenvalue weighted by Crippen LogP contribution is -2.59. The SMILES string of the molecule is CCC(C)[C@@H](C(CC(=O)N1CCC[C@H]1[C@H](OC)[C@@H](C)C(=O)N[C@H](C)[C@@H](O)c1ccccc1)OC)N(C)C(=O)[C@@H](NC(=O)[C@@H](NC)C(C)C)C(C)C. The Hall–Kier alpha value is -3.06. The molecule has 4 N–H and O–H groups in total. The van der Waals surface area contributed by atoms with Crippen LogP contribution in [0, 0.1) is 23.7 Å². The molecule has 12 heteroatoms. The van der Waals surface area contributed by atoms with Crippen LogP contribution in [0.4, 0.5) is 0 Å². The summed E-state index contributed by atoms with van der Waals surface area (Å²) < 4.78 is 11.9. The average molecular weight is 718 g/mol. The summed E-state index contributed by atoms with van der Waals surface area (Å²) in [4.78, 5) is 58.3. The van der Waals surface area contributed by atoms with Gasteiger partial charge in [0.05, 0.1) is 54.8 Å². The van der Waals surface area contributed by atoms with Gasteiger partial charge in [-0.15, -0.1) is 0 Å². The first-order valence-electron chi connectivity index (χ1n) is 18.7. The second kappa shape index (κ2) is 20.8. The van der Waals surface area contributed by atoms with Crippen LogP contribution in [-0.2, 0) is 28.7 Å². The van der Waals surface area contributed by atoms with Gasteiger partial charge in [0.1, 0.15) is 6.04 Å². The van der Waals surface area contributed by atoms with Gasteiger partial charge in [-0.3, -0.25) is 19.2 Å². The van der Waals surface area contributed by atoms with E-state index in [9.17, 15) is 24.3 Å². The Morgan fingerprint density at radius 3 is 2.04 bits per heavy atom. The number of nitrogens with one attached hydrogen (secondary N) is 3.